The number of anilines is 1. The quantitative estimate of drug-likeness (QED) is 0.843. The van der Waals surface area contributed by atoms with E-state index in [1.165, 1.54) is 18.4 Å². The Labute approximate surface area is 115 Å². The molecular formula is C13H17NO4S. The van der Waals surface area contributed by atoms with E-state index in [0.29, 0.717) is 16.3 Å². The fourth-order valence-corrected chi connectivity index (χ4v) is 2.82. The number of hydrogen-bond donors (Lipinski definition) is 1. The number of nitrogens with one attached hydrogen (secondary N) is 1. The first-order valence-electron chi connectivity index (χ1n) is 6.28. The number of carbonyl (C=O) groups excluding carboxylic acids is 2. The van der Waals surface area contributed by atoms with Gasteiger partial charge in [-0.1, -0.05) is 0 Å². The first-order valence-corrected chi connectivity index (χ1v) is 7.10. The van der Waals surface area contributed by atoms with E-state index in [2.05, 4.69) is 10.1 Å². The molecule has 1 atom stereocenters. The highest BCUT2D eigenvalue weighted by Crippen LogP contribution is 2.23. The SMILES string of the molecule is COC(=O)c1ccc(NC(=O)CC[C@@H]2CCCO2)s1. The molecule has 0 aromatic carbocycles. The smallest absolute Gasteiger partial charge is 0.348 e. The van der Waals surface area contributed by atoms with Crippen LogP contribution in [-0.4, -0.2) is 31.7 Å². The first kappa shape index (κ1) is 14.0. The number of thiophene rings is 1. The third-order valence-electron chi connectivity index (χ3n) is 2.97. The van der Waals surface area contributed by atoms with E-state index >= 15 is 0 Å². The van der Waals surface area contributed by atoms with Gasteiger partial charge in [0.2, 0.25) is 5.91 Å². The van der Waals surface area contributed by atoms with E-state index in [1.54, 1.807) is 12.1 Å². The molecule has 0 saturated carbocycles. The van der Waals surface area contributed by atoms with Gasteiger partial charge in [0.05, 0.1) is 18.2 Å². The summed E-state index contributed by atoms with van der Waals surface area (Å²) in [6.07, 6.45) is 3.54. The summed E-state index contributed by atoms with van der Waals surface area (Å²) in [5, 5.41) is 3.45. The summed E-state index contributed by atoms with van der Waals surface area (Å²) in [4.78, 5) is 23.5. The van der Waals surface area contributed by atoms with Gasteiger partial charge >= 0.3 is 5.97 Å². The number of rotatable bonds is 5. The minimum absolute atomic E-state index is 0.0474. The third-order valence-corrected chi connectivity index (χ3v) is 3.95. The van der Waals surface area contributed by atoms with Gasteiger partial charge in [0.15, 0.2) is 0 Å². The molecule has 1 aromatic rings. The molecule has 1 saturated heterocycles. The number of methoxy groups -OCH3 is 1. The van der Waals surface area contributed by atoms with Gasteiger partial charge in [0, 0.05) is 13.0 Å². The van der Waals surface area contributed by atoms with Crippen molar-refractivity contribution in [1.82, 2.24) is 0 Å². The van der Waals surface area contributed by atoms with Gasteiger partial charge in [0.25, 0.3) is 0 Å². The maximum Gasteiger partial charge on any atom is 0.348 e. The largest absolute Gasteiger partial charge is 0.465 e. The average molecular weight is 283 g/mol. The molecule has 0 bridgehead atoms. The molecule has 6 heteroatoms. The Morgan fingerprint density at radius 3 is 3.05 bits per heavy atom. The van der Waals surface area contributed by atoms with Crippen LogP contribution in [0.15, 0.2) is 12.1 Å². The van der Waals surface area contributed by atoms with E-state index in [-0.39, 0.29) is 18.0 Å². The molecule has 1 N–H and O–H groups in total. The monoisotopic (exact) mass is 283 g/mol. The van der Waals surface area contributed by atoms with Crippen LogP contribution in [0.3, 0.4) is 0 Å². The predicted octanol–water partition coefficient (Wildman–Crippen LogP) is 2.43. The second-order valence-electron chi connectivity index (χ2n) is 4.38. The first-order chi connectivity index (χ1) is 9.19. The Bertz CT molecular complexity index is 451. The minimum atomic E-state index is -0.384. The van der Waals surface area contributed by atoms with Crippen molar-refractivity contribution < 1.29 is 19.1 Å². The molecule has 0 aliphatic carbocycles. The van der Waals surface area contributed by atoms with Gasteiger partial charge in [-0.3, -0.25) is 4.79 Å². The van der Waals surface area contributed by atoms with Gasteiger partial charge in [-0.05, 0) is 31.4 Å². The molecule has 1 aromatic heterocycles. The summed E-state index contributed by atoms with van der Waals surface area (Å²) in [6, 6.07) is 3.35. The lowest BCUT2D eigenvalue weighted by molar-refractivity contribution is -0.116. The highest BCUT2D eigenvalue weighted by atomic mass is 32.1. The van der Waals surface area contributed by atoms with E-state index in [4.69, 9.17) is 4.74 Å². The second-order valence-corrected chi connectivity index (χ2v) is 5.46. The lowest BCUT2D eigenvalue weighted by Crippen LogP contribution is -2.14. The van der Waals surface area contributed by atoms with Crippen molar-refractivity contribution in [3.8, 4) is 0 Å². The predicted molar refractivity (Wildman–Crippen MR) is 72.5 cm³/mol. The number of ether oxygens (including phenoxy) is 2. The maximum atomic E-state index is 11.7. The molecule has 2 rings (SSSR count). The molecule has 104 valence electrons. The average Bonchev–Trinajstić information content (AvgIpc) is 3.06. The normalized spacial score (nSPS) is 18.3. The van der Waals surface area contributed by atoms with Crippen LogP contribution in [0.2, 0.25) is 0 Å². The van der Waals surface area contributed by atoms with Crippen LogP contribution >= 0.6 is 11.3 Å². The van der Waals surface area contributed by atoms with Crippen molar-refractivity contribution >= 4 is 28.2 Å². The Morgan fingerprint density at radius 1 is 1.53 bits per heavy atom. The van der Waals surface area contributed by atoms with Crippen LogP contribution in [0.25, 0.3) is 0 Å². The Kier molecular flexibility index (Phi) is 4.93. The highest BCUT2D eigenvalue weighted by Gasteiger charge is 2.17. The summed E-state index contributed by atoms with van der Waals surface area (Å²) < 4.78 is 10.1. The zero-order valence-electron chi connectivity index (χ0n) is 10.8. The fourth-order valence-electron chi connectivity index (χ4n) is 1.98. The van der Waals surface area contributed by atoms with Crippen LogP contribution in [0.4, 0.5) is 5.00 Å². The van der Waals surface area contributed by atoms with Crippen molar-refractivity contribution in [2.75, 3.05) is 19.0 Å². The van der Waals surface area contributed by atoms with Gasteiger partial charge in [-0.25, -0.2) is 4.79 Å². The fraction of sp³-hybridized carbons (Fsp3) is 0.538. The van der Waals surface area contributed by atoms with E-state index < -0.39 is 0 Å². The maximum absolute atomic E-state index is 11.7. The molecule has 0 radical (unpaired) electrons. The van der Waals surface area contributed by atoms with Crippen LogP contribution in [-0.2, 0) is 14.3 Å². The molecule has 1 aliphatic rings. The van der Waals surface area contributed by atoms with Crippen LogP contribution < -0.4 is 5.32 Å². The minimum Gasteiger partial charge on any atom is -0.465 e. The lowest BCUT2D eigenvalue weighted by atomic mass is 10.1. The molecule has 1 fully saturated rings. The second kappa shape index (κ2) is 6.68. The highest BCUT2D eigenvalue weighted by molar-refractivity contribution is 7.18. The number of amides is 1. The molecule has 19 heavy (non-hydrogen) atoms. The Hall–Kier alpha value is -1.40. The lowest BCUT2D eigenvalue weighted by Gasteiger charge is -2.08. The molecule has 0 spiro atoms. The topological polar surface area (TPSA) is 64.6 Å². The Morgan fingerprint density at radius 2 is 2.37 bits per heavy atom. The summed E-state index contributed by atoms with van der Waals surface area (Å²) in [5.41, 5.74) is 0. The van der Waals surface area contributed by atoms with Gasteiger partial charge in [-0.15, -0.1) is 11.3 Å². The van der Waals surface area contributed by atoms with Crippen molar-refractivity contribution in [3.05, 3.63) is 17.0 Å². The number of hydrogen-bond acceptors (Lipinski definition) is 5. The molecule has 0 unspecified atom stereocenters. The molecular weight excluding hydrogens is 266 g/mol. The summed E-state index contributed by atoms with van der Waals surface area (Å²) in [6.45, 7) is 0.805. The molecule has 1 aliphatic heterocycles. The van der Waals surface area contributed by atoms with Crippen molar-refractivity contribution in [3.63, 3.8) is 0 Å². The van der Waals surface area contributed by atoms with Crippen molar-refractivity contribution in [2.24, 2.45) is 0 Å². The van der Waals surface area contributed by atoms with E-state index in [9.17, 15) is 9.59 Å². The van der Waals surface area contributed by atoms with Crippen LogP contribution in [0, 0.1) is 0 Å². The van der Waals surface area contributed by atoms with E-state index in [0.717, 1.165) is 25.9 Å². The molecule has 1 amide bonds. The van der Waals surface area contributed by atoms with Crippen molar-refractivity contribution in [2.45, 2.75) is 31.8 Å². The third kappa shape index (κ3) is 4.04. The number of carbonyl (C=O) groups is 2. The summed E-state index contributed by atoms with van der Waals surface area (Å²) >= 11 is 1.21. The Balaban J connectivity index is 1.78. The van der Waals surface area contributed by atoms with Crippen molar-refractivity contribution in [1.29, 1.82) is 0 Å². The zero-order chi connectivity index (χ0) is 13.7. The standard InChI is InChI=1S/C13H17NO4S/c1-17-13(16)10-5-7-12(19-10)14-11(15)6-4-9-3-2-8-18-9/h5,7,9H,2-4,6,8H2,1H3,(H,14,15)/t9-/m0/s1. The van der Waals surface area contributed by atoms with Gasteiger partial charge in [0.1, 0.15) is 4.88 Å². The van der Waals surface area contributed by atoms with Crippen LogP contribution in [0.5, 0.6) is 0 Å². The van der Waals surface area contributed by atoms with Gasteiger partial charge < -0.3 is 14.8 Å². The van der Waals surface area contributed by atoms with Crippen LogP contribution in [0.1, 0.15) is 35.4 Å². The summed E-state index contributed by atoms with van der Waals surface area (Å²) in [5.74, 6) is -0.432. The molecule has 5 nitrogen and oxygen atoms in total. The zero-order valence-corrected chi connectivity index (χ0v) is 11.6. The number of esters is 1. The summed E-state index contributed by atoms with van der Waals surface area (Å²) in [7, 11) is 1.34. The van der Waals surface area contributed by atoms with Gasteiger partial charge in [-0.2, -0.15) is 0 Å². The van der Waals surface area contributed by atoms with E-state index in [1.807, 2.05) is 0 Å². The molecule has 2 heterocycles.